The predicted octanol–water partition coefficient (Wildman–Crippen LogP) is 2.39. The van der Waals surface area contributed by atoms with Crippen molar-refractivity contribution in [1.29, 1.82) is 0 Å². The van der Waals surface area contributed by atoms with Crippen LogP contribution in [0.5, 0.6) is 0 Å². The molecule has 0 bridgehead atoms. The third-order valence-electron chi connectivity index (χ3n) is 3.32. The first-order valence-electron chi connectivity index (χ1n) is 7.24. The minimum absolute atomic E-state index is 0.0954. The molecule has 0 fully saturated rings. The monoisotopic (exact) mass is 319 g/mol. The number of thioether (sulfide) groups is 1. The summed E-state index contributed by atoms with van der Waals surface area (Å²) in [7, 11) is 0. The molecule has 1 aromatic heterocycles. The average molecular weight is 319 g/mol. The third-order valence-corrected chi connectivity index (χ3v) is 4.18. The van der Waals surface area contributed by atoms with Gasteiger partial charge in [0, 0.05) is 0 Å². The van der Waals surface area contributed by atoms with Crippen LogP contribution in [0.15, 0.2) is 39.0 Å². The van der Waals surface area contributed by atoms with Crippen LogP contribution < -0.4 is 11.4 Å². The lowest BCUT2D eigenvalue weighted by molar-refractivity contribution is 0.586. The zero-order chi connectivity index (χ0) is 16.3. The highest BCUT2D eigenvalue weighted by atomic mass is 32.2. The Morgan fingerprint density at radius 2 is 1.82 bits per heavy atom. The fourth-order valence-corrected chi connectivity index (χ4v) is 2.80. The molecule has 1 heterocycles. The molecule has 1 N–H and O–H groups in total. The quantitative estimate of drug-likeness (QED) is 0.879. The van der Waals surface area contributed by atoms with Gasteiger partial charge in [0.2, 0.25) is 0 Å². The maximum atomic E-state index is 12.0. The number of nitrogens with one attached hydrogen (secondary N) is 1. The summed E-state index contributed by atoms with van der Waals surface area (Å²) in [5, 5.41) is 0.455. The van der Waals surface area contributed by atoms with E-state index in [1.54, 1.807) is 0 Å². The summed E-state index contributed by atoms with van der Waals surface area (Å²) in [6.45, 7) is 8.84. The third kappa shape index (κ3) is 3.88. The second-order valence-electron chi connectivity index (χ2n) is 6.10. The van der Waals surface area contributed by atoms with Gasteiger partial charge in [0.15, 0.2) is 5.16 Å². The van der Waals surface area contributed by atoms with Gasteiger partial charge < -0.3 is 0 Å². The topological polar surface area (TPSA) is 67.8 Å². The van der Waals surface area contributed by atoms with Crippen LogP contribution in [0.25, 0.3) is 0 Å². The Hall–Kier alpha value is -1.82. The molecule has 1 aromatic carbocycles. The number of aromatic amines is 1. The number of aromatic nitrogens is 3. The molecule has 5 nitrogen and oxygen atoms in total. The zero-order valence-corrected chi connectivity index (χ0v) is 14.2. The Labute approximate surface area is 133 Å². The van der Waals surface area contributed by atoms with Crippen molar-refractivity contribution in [2.45, 2.75) is 44.8 Å². The van der Waals surface area contributed by atoms with E-state index in [9.17, 15) is 9.59 Å². The predicted molar refractivity (Wildman–Crippen MR) is 89.8 cm³/mol. The Bertz CT molecular complexity index is 755. The number of nitrogens with zero attached hydrogens (tertiary/aromatic N) is 2. The molecule has 2 rings (SSSR count). The van der Waals surface area contributed by atoms with E-state index in [2.05, 4.69) is 42.9 Å². The van der Waals surface area contributed by atoms with E-state index in [0.717, 1.165) is 11.3 Å². The first-order chi connectivity index (χ1) is 10.3. The lowest BCUT2D eigenvalue weighted by Gasteiger charge is -2.19. The van der Waals surface area contributed by atoms with Crippen LogP contribution in [0.1, 0.15) is 38.8 Å². The van der Waals surface area contributed by atoms with Crippen LogP contribution in [-0.4, -0.2) is 20.3 Å². The Kier molecular flexibility index (Phi) is 4.90. The summed E-state index contributed by atoms with van der Waals surface area (Å²) in [5.74, 6) is 0.749. The molecule has 0 amide bonds. The summed E-state index contributed by atoms with van der Waals surface area (Å²) in [6, 6.07) is 8.18. The van der Waals surface area contributed by atoms with Crippen molar-refractivity contribution in [1.82, 2.24) is 14.5 Å². The molecule has 0 spiro atoms. The summed E-state index contributed by atoms with van der Waals surface area (Å²) >= 11 is 1.39. The van der Waals surface area contributed by atoms with Gasteiger partial charge in [-0.2, -0.15) is 4.98 Å². The van der Waals surface area contributed by atoms with E-state index in [1.807, 2.05) is 19.1 Å². The molecule has 2 aromatic rings. The highest BCUT2D eigenvalue weighted by Crippen LogP contribution is 2.22. The summed E-state index contributed by atoms with van der Waals surface area (Å²) in [6.07, 6.45) is 0. The molecule has 22 heavy (non-hydrogen) atoms. The van der Waals surface area contributed by atoms with Crippen LogP contribution in [0.2, 0.25) is 0 Å². The van der Waals surface area contributed by atoms with E-state index >= 15 is 0 Å². The molecular formula is C16H21N3O2S. The Balaban J connectivity index is 2.35. The van der Waals surface area contributed by atoms with Crippen molar-refractivity contribution >= 4 is 11.8 Å². The second kappa shape index (κ2) is 6.52. The molecule has 0 saturated heterocycles. The number of H-pyrrole nitrogens is 1. The largest absolute Gasteiger partial charge is 0.351 e. The molecule has 0 saturated carbocycles. The van der Waals surface area contributed by atoms with E-state index in [-0.39, 0.29) is 5.41 Å². The van der Waals surface area contributed by atoms with E-state index in [4.69, 9.17) is 0 Å². The summed E-state index contributed by atoms with van der Waals surface area (Å²) in [5.41, 5.74) is 1.32. The lowest BCUT2D eigenvalue weighted by Crippen LogP contribution is -2.33. The zero-order valence-electron chi connectivity index (χ0n) is 13.3. The van der Waals surface area contributed by atoms with Gasteiger partial charge in [-0.3, -0.25) is 9.55 Å². The highest BCUT2D eigenvalue weighted by Gasteiger charge is 2.13. The van der Waals surface area contributed by atoms with Crippen LogP contribution in [0, 0.1) is 0 Å². The van der Waals surface area contributed by atoms with Gasteiger partial charge in [-0.15, -0.1) is 0 Å². The normalized spacial score (nSPS) is 11.6. The molecular weight excluding hydrogens is 298 g/mol. The number of hydrogen-bond donors (Lipinski definition) is 1. The fraction of sp³-hybridized carbons (Fsp3) is 0.438. The van der Waals surface area contributed by atoms with Gasteiger partial charge in [-0.25, -0.2) is 9.59 Å². The average Bonchev–Trinajstić information content (AvgIpc) is 2.42. The van der Waals surface area contributed by atoms with Crippen LogP contribution in [0.3, 0.4) is 0 Å². The van der Waals surface area contributed by atoms with Crippen molar-refractivity contribution in [2.24, 2.45) is 0 Å². The maximum Gasteiger partial charge on any atom is 0.351 e. The molecule has 0 aliphatic heterocycles. The van der Waals surface area contributed by atoms with Gasteiger partial charge in [-0.1, -0.05) is 63.7 Å². The van der Waals surface area contributed by atoms with Crippen molar-refractivity contribution in [3.63, 3.8) is 0 Å². The van der Waals surface area contributed by atoms with Crippen LogP contribution in [0.4, 0.5) is 0 Å². The fourth-order valence-electron chi connectivity index (χ4n) is 2.09. The lowest BCUT2D eigenvalue weighted by atomic mass is 9.87. The highest BCUT2D eigenvalue weighted by molar-refractivity contribution is 7.99. The Morgan fingerprint density at radius 3 is 2.36 bits per heavy atom. The van der Waals surface area contributed by atoms with Crippen molar-refractivity contribution < 1.29 is 0 Å². The van der Waals surface area contributed by atoms with Gasteiger partial charge in [0.1, 0.15) is 0 Å². The summed E-state index contributed by atoms with van der Waals surface area (Å²) < 4.78 is 1.50. The van der Waals surface area contributed by atoms with Gasteiger partial charge in [-0.05, 0) is 22.3 Å². The molecule has 118 valence electrons. The van der Waals surface area contributed by atoms with Gasteiger partial charge >= 0.3 is 11.4 Å². The summed E-state index contributed by atoms with van der Waals surface area (Å²) in [4.78, 5) is 29.5. The van der Waals surface area contributed by atoms with E-state index < -0.39 is 11.4 Å². The maximum absolute atomic E-state index is 12.0. The number of rotatable bonds is 4. The molecule has 0 unspecified atom stereocenters. The minimum Gasteiger partial charge on any atom is -0.268 e. The molecule has 6 heteroatoms. The Morgan fingerprint density at radius 1 is 1.18 bits per heavy atom. The molecule has 0 atom stereocenters. The molecule has 0 aliphatic carbocycles. The first kappa shape index (κ1) is 16.5. The van der Waals surface area contributed by atoms with E-state index in [1.165, 1.54) is 21.9 Å². The van der Waals surface area contributed by atoms with Gasteiger partial charge in [0.25, 0.3) is 0 Å². The smallest absolute Gasteiger partial charge is 0.268 e. The standard InChI is InChI=1S/C16H21N3O2S/c1-5-22-15-18-13(20)17-14(21)19(15)10-11-6-8-12(9-7-11)16(2,3)4/h6-9H,5,10H2,1-4H3,(H,17,20,21). The van der Waals surface area contributed by atoms with Crippen molar-refractivity contribution in [3.05, 3.63) is 56.4 Å². The van der Waals surface area contributed by atoms with Crippen molar-refractivity contribution in [3.8, 4) is 0 Å². The van der Waals surface area contributed by atoms with Crippen LogP contribution >= 0.6 is 11.8 Å². The first-order valence-corrected chi connectivity index (χ1v) is 8.23. The second-order valence-corrected chi connectivity index (χ2v) is 7.33. The molecule has 0 aliphatic rings. The SMILES string of the molecule is CCSc1nc(=O)[nH]c(=O)n1Cc1ccc(C(C)(C)C)cc1. The van der Waals surface area contributed by atoms with Crippen molar-refractivity contribution in [2.75, 3.05) is 5.75 Å². The number of benzene rings is 1. The minimum atomic E-state index is -0.597. The van der Waals surface area contributed by atoms with Crippen LogP contribution in [-0.2, 0) is 12.0 Å². The molecule has 0 radical (unpaired) electrons. The van der Waals surface area contributed by atoms with Gasteiger partial charge in [0.05, 0.1) is 6.54 Å². The number of hydrogen-bond acceptors (Lipinski definition) is 4. The van der Waals surface area contributed by atoms with E-state index in [0.29, 0.717) is 11.7 Å².